The van der Waals surface area contributed by atoms with Crippen LogP contribution in [0.25, 0.3) is 45.0 Å². The van der Waals surface area contributed by atoms with Crippen molar-refractivity contribution in [1.82, 2.24) is 19.9 Å². The second kappa shape index (κ2) is 40.6. The summed E-state index contributed by atoms with van der Waals surface area (Å²) in [7, 11) is 0. The average Bonchev–Trinajstić information content (AvgIpc) is 0.793. The van der Waals surface area contributed by atoms with Crippen LogP contribution in [0.2, 0.25) is 0 Å². The Balaban J connectivity index is 0.000000275. The number of alkyl halides is 1. The van der Waals surface area contributed by atoms with E-state index in [-0.39, 0.29) is 129 Å². The number of nitrogens with one attached hydrogen (secondary N) is 2. The first-order valence-electron chi connectivity index (χ1n) is 32.6. The molecule has 0 aliphatic heterocycles. The average molecular weight is 1450 g/mol. The summed E-state index contributed by atoms with van der Waals surface area (Å²) < 4.78 is 0. The van der Waals surface area contributed by atoms with Crippen LogP contribution in [-0.2, 0) is 38.9 Å². The van der Waals surface area contributed by atoms with E-state index in [0.717, 1.165) is 109 Å². The number of carbonyl (C=O) groups excluding carboxylic acids is 1. The summed E-state index contributed by atoms with van der Waals surface area (Å²) in [5, 5.41) is 16.5. The van der Waals surface area contributed by atoms with Crippen LogP contribution in [0.5, 0.6) is 0 Å². The van der Waals surface area contributed by atoms with Crippen LogP contribution in [0.3, 0.4) is 0 Å². The predicted octanol–water partition coefficient (Wildman–Crippen LogP) is 16.2. The molecule has 4 heterocycles. The largest absolute Gasteiger partial charge is 1.00 e. The summed E-state index contributed by atoms with van der Waals surface area (Å²) >= 11 is 3.36. The molecule has 9 aromatic carbocycles. The van der Waals surface area contributed by atoms with Gasteiger partial charge in [-0.25, -0.2) is 0 Å². The summed E-state index contributed by atoms with van der Waals surface area (Å²) in [6, 6.07) is 104. The quantitative estimate of drug-likeness (QED) is 0.0280. The molecule has 0 spiro atoms. The van der Waals surface area contributed by atoms with Gasteiger partial charge in [0.25, 0.3) is 6.47 Å². The second-order valence-electron chi connectivity index (χ2n) is 25.4. The Hall–Kier alpha value is -8.04. The van der Waals surface area contributed by atoms with Gasteiger partial charge in [0.1, 0.15) is 0 Å². The maximum Gasteiger partial charge on any atom is 1.00 e. The van der Waals surface area contributed by atoms with Crippen LogP contribution >= 0.6 is 15.9 Å². The molecule has 0 unspecified atom stereocenters. The smallest absolute Gasteiger partial charge is 1.00 e. The maximum absolute atomic E-state index is 8.64. The first kappa shape index (κ1) is 80.3. The van der Waals surface area contributed by atoms with Gasteiger partial charge in [-0.1, -0.05) is 229 Å². The van der Waals surface area contributed by atoms with Gasteiger partial charge in [0.15, 0.2) is 0 Å². The van der Waals surface area contributed by atoms with Crippen LogP contribution in [-0.4, -0.2) is 26.4 Å². The van der Waals surface area contributed by atoms with E-state index in [9.17, 15) is 0 Å². The molecule has 13 aromatic rings. The molecule has 13 rings (SSSR count). The molecule has 0 saturated heterocycles. The molecule has 11 nitrogen and oxygen atoms in total. The summed E-state index contributed by atoms with van der Waals surface area (Å²) in [4.78, 5) is 34.2. The summed E-state index contributed by atoms with van der Waals surface area (Å²) in [6.45, 7) is 14.9. The van der Waals surface area contributed by atoms with Gasteiger partial charge in [0, 0.05) is 111 Å². The summed E-state index contributed by atoms with van der Waals surface area (Å²) in [6.07, 6.45) is 7.33. The second-order valence-corrected chi connectivity index (χ2v) is 25.9. The van der Waals surface area contributed by atoms with Gasteiger partial charge in [-0.05, 0) is 172 Å². The van der Waals surface area contributed by atoms with Crippen molar-refractivity contribution in [3.8, 4) is 45.0 Å². The molecule has 2 N–H and O–H groups in total. The van der Waals surface area contributed by atoms with Gasteiger partial charge in [-0.3, -0.25) is 24.7 Å². The number of pyridine rings is 4. The zero-order chi connectivity index (χ0) is 68.5. The molecule has 14 heteroatoms. The van der Waals surface area contributed by atoms with Crippen molar-refractivity contribution in [3.05, 3.63) is 350 Å². The normalized spacial score (nSPS) is 10.5. The van der Waals surface area contributed by atoms with Crippen LogP contribution in [0.1, 0.15) is 78.2 Å². The number of hydrogen-bond donors (Lipinski definition) is 2. The van der Waals surface area contributed by atoms with Gasteiger partial charge in [-0.2, -0.15) is 0 Å². The third-order valence-corrected chi connectivity index (χ3v) is 16.8. The molecule has 0 amide bonds. The standard InChI is InChI=1S/C46H42N4.C32H30N4.C7H7Br.CH2O3.CH4.2K.H/c1-46(2,3)39-30-42(49(33-35-14-6-4-7-15-35)40-24-20-37(21-25-40)44-18-10-12-28-47-44)32-43(31-39)50(34-36-16-8-5-9-17-36)41-26-22-38(23-27-41)45-19-11-13-29-48-45;1-32(2,3)25-20-28(35-26-14-10-23(11-15-26)30-8-4-6-18-33-30)22-29(21-25)36-27-16-12-24(13-17-27)31-9-5-7-19-34-31;8-6-7-4-2-1-3-5-7;2-1-4-3;;;;/h4-32H,33-34H2,1-3H3;4-22,35-36H,1-3H3;1-5H,6H2;1,3H;1H4;;;/q;;;;;2*+1;-1/p-1. The molecule has 0 fully saturated rings. The van der Waals surface area contributed by atoms with Gasteiger partial charge < -0.3 is 32.0 Å². The Morgan fingerprint density at radius 2 is 0.663 bits per heavy atom. The molecule has 101 heavy (non-hydrogen) atoms. The van der Waals surface area contributed by atoms with Crippen LogP contribution in [0.15, 0.2) is 322 Å². The van der Waals surface area contributed by atoms with Crippen molar-refractivity contribution in [2.75, 3.05) is 20.4 Å². The molecule has 0 atom stereocenters. The molecular weight excluding hydrogens is 1360 g/mol. The van der Waals surface area contributed by atoms with Crippen molar-refractivity contribution in [2.45, 2.75) is 78.2 Å². The fourth-order valence-corrected chi connectivity index (χ4v) is 11.2. The number of carbonyl (C=O) groups is 1. The number of benzene rings is 9. The van der Waals surface area contributed by atoms with Gasteiger partial charge in [-0.15, -0.1) is 0 Å². The van der Waals surface area contributed by atoms with Crippen molar-refractivity contribution < 1.29 is 119 Å². The summed E-state index contributed by atoms with van der Waals surface area (Å²) in [5.74, 6) is 0. The molecule has 500 valence electrons. The Morgan fingerprint density at radius 3 is 0.931 bits per heavy atom. The maximum atomic E-state index is 8.64. The minimum atomic E-state index is -0.181. The van der Waals surface area contributed by atoms with Gasteiger partial charge in [0.05, 0.1) is 22.8 Å². The minimum absolute atomic E-state index is 0. The van der Waals surface area contributed by atoms with E-state index < -0.39 is 0 Å². The number of nitrogens with zero attached hydrogens (tertiary/aromatic N) is 6. The molecule has 0 saturated carbocycles. The van der Waals surface area contributed by atoms with Gasteiger partial charge in [0.2, 0.25) is 0 Å². The number of anilines is 8. The zero-order valence-corrected chi connectivity index (χ0v) is 65.9. The van der Waals surface area contributed by atoms with Crippen molar-refractivity contribution in [1.29, 1.82) is 0 Å². The van der Waals surface area contributed by atoms with E-state index in [2.05, 4.69) is 321 Å². The molecule has 0 aliphatic carbocycles. The van der Waals surface area contributed by atoms with Crippen molar-refractivity contribution in [2.24, 2.45) is 0 Å². The van der Waals surface area contributed by atoms with E-state index in [1.54, 1.807) is 0 Å². The Labute approximate surface area is 692 Å². The van der Waals surface area contributed by atoms with E-state index in [1.165, 1.54) is 27.8 Å². The third kappa shape index (κ3) is 24.3. The van der Waals surface area contributed by atoms with Crippen LogP contribution in [0, 0.1) is 0 Å². The Morgan fingerprint density at radius 1 is 0.376 bits per heavy atom. The van der Waals surface area contributed by atoms with Crippen molar-refractivity contribution >= 4 is 67.9 Å². The fourth-order valence-electron chi connectivity index (χ4n) is 10.8. The van der Waals surface area contributed by atoms with E-state index in [1.807, 2.05) is 104 Å². The Kier molecular flexibility index (Phi) is 32.2. The predicted molar refractivity (Wildman–Crippen MR) is 414 cm³/mol. The fraction of sp³-hybridized carbons (Fsp3) is 0.138. The minimum Gasteiger partial charge on any atom is -1.00 e. The Bertz CT molecular complexity index is 4280. The monoisotopic (exact) mass is 1450 g/mol. The van der Waals surface area contributed by atoms with Crippen LogP contribution < -0.4 is 128 Å². The summed E-state index contributed by atoms with van der Waals surface area (Å²) in [5.41, 5.74) is 23.2. The molecule has 4 aromatic heterocycles. The molecular formula is C87H85BrK2N8O3. The van der Waals surface area contributed by atoms with Crippen LogP contribution in [0.4, 0.5) is 45.5 Å². The molecule has 0 bridgehead atoms. The van der Waals surface area contributed by atoms with Gasteiger partial charge >= 0.3 is 103 Å². The van der Waals surface area contributed by atoms with E-state index in [0.29, 0.717) is 0 Å². The number of halogens is 1. The first-order valence-corrected chi connectivity index (χ1v) is 33.7. The third-order valence-electron chi connectivity index (χ3n) is 16.1. The number of aromatic nitrogens is 4. The SMILES string of the molecule is BrCc1ccccc1.C.CC(C)(C)c1cc(N(Cc2ccccc2)c2ccc(-c3ccccn3)cc2)cc(N(Cc2ccccc2)c2ccc(-c3ccccn3)cc2)c1.CC(C)(C)c1cc(Nc2ccc(-c3ccccn3)cc2)cc(Nc2ccc(-c3ccccn3)cc2)c1.O=CO[O-].[H-].[K+].[K+]. The first-order chi connectivity index (χ1) is 47.7. The number of hydrogen-bond acceptors (Lipinski definition) is 11. The topological polar surface area (TPSA) is 131 Å². The van der Waals surface area contributed by atoms with Crippen molar-refractivity contribution in [3.63, 3.8) is 0 Å². The van der Waals surface area contributed by atoms with E-state index in [4.69, 9.17) is 10.1 Å². The molecule has 0 aliphatic rings. The zero-order valence-electron chi connectivity index (χ0n) is 59.1. The number of rotatable bonds is 18. The van der Waals surface area contributed by atoms with E-state index >= 15 is 0 Å². The molecule has 0 radical (unpaired) electrons.